The second kappa shape index (κ2) is 11.2. The molecule has 0 spiro atoms. The fraction of sp³-hybridized carbons (Fsp3) is 0.500. The molecule has 2 aromatic rings. The number of hydrogen-bond donors (Lipinski definition) is 1. The van der Waals surface area contributed by atoms with Crippen LogP contribution in [0, 0.1) is 11.8 Å². The molecule has 2 unspecified atom stereocenters. The van der Waals surface area contributed by atoms with Gasteiger partial charge >= 0.3 is 0 Å². The monoisotopic (exact) mass is 409 g/mol. The first-order valence-corrected chi connectivity index (χ1v) is 11.2. The van der Waals surface area contributed by atoms with Gasteiger partial charge in [-0.1, -0.05) is 50.1 Å². The first kappa shape index (κ1) is 22.4. The highest BCUT2D eigenvalue weighted by molar-refractivity contribution is 6.02. The Labute approximate surface area is 181 Å². The standard InChI is InChI=1S/C26H35NO3/c1-4-8-20(12-14-27-13-11-19-9-6-5-7-10-19)15-22-16-21-17-24(29-2)25(30-3)18-23(21)26(22)28/h5-7,9-10,17-18,20,22,27H,4,8,11-16H2,1-3H3. The zero-order valence-corrected chi connectivity index (χ0v) is 18.6. The van der Waals surface area contributed by atoms with Gasteiger partial charge in [0.15, 0.2) is 17.3 Å². The van der Waals surface area contributed by atoms with Crippen LogP contribution in [0.4, 0.5) is 0 Å². The number of Topliss-reactive ketones (excluding diaryl/α,β-unsaturated/α-hetero) is 1. The number of methoxy groups -OCH3 is 2. The van der Waals surface area contributed by atoms with Gasteiger partial charge in [0.05, 0.1) is 14.2 Å². The molecule has 2 atom stereocenters. The Hall–Kier alpha value is -2.33. The minimum Gasteiger partial charge on any atom is -0.493 e. The second-order valence-corrected chi connectivity index (χ2v) is 8.29. The van der Waals surface area contributed by atoms with Gasteiger partial charge in [-0.25, -0.2) is 0 Å². The minimum absolute atomic E-state index is 0.0812. The maximum Gasteiger partial charge on any atom is 0.166 e. The van der Waals surface area contributed by atoms with E-state index in [1.807, 2.05) is 12.1 Å². The molecular formula is C26H35NO3. The SMILES string of the molecule is CCCC(CCNCCc1ccccc1)CC1Cc2cc(OC)c(OC)cc2C1=O. The summed E-state index contributed by atoms with van der Waals surface area (Å²) in [4.78, 5) is 13.0. The molecule has 30 heavy (non-hydrogen) atoms. The summed E-state index contributed by atoms with van der Waals surface area (Å²) < 4.78 is 10.8. The van der Waals surface area contributed by atoms with Crippen LogP contribution in [0.1, 0.15) is 54.1 Å². The van der Waals surface area contributed by atoms with Gasteiger partial charge in [-0.05, 0) is 68.0 Å². The van der Waals surface area contributed by atoms with E-state index >= 15 is 0 Å². The third kappa shape index (κ3) is 5.63. The molecule has 0 heterocycles. The quantitative estimate of drug-likeness (QED) is 0.496. The predicted octanol–water partition coefficient (Wildman–Crippen LogP) is 5.09. The molecule has 4 heteroatoms. The van der Waals surface area contributed by atoms with Gasteiger partial charge in [0.25, 0.3) is 0 Å². The Bertz CT molecular complexity index is 819. The van der Waals surface area contributed by atoms with Crippen molar-refractivity contribution in [2.45, 2.75) is 45.4 Å². The molecule has 1 N–H and O–H groups in total. The van der Waals surface area contributed by atoms with Crippen LogP contribution >= 0.6 is 0 Å². The molecule has 162 valence electrons. The molecule has 0 saturated heterocycles. The summed E-state index contributed by atoms with van der Waals surface area (Å²) in [6.07, 6.45) is 6.29. The van der Waals surface area contributed by atoms with Crippen LogP contribution in [0.25, 0.3) is 0 Å². The minimum atomic E-state index is 0.0812. The van der Waals surface area contributed by atoms with Crippen molar-refractivity contribution in [2.75, 3.05) is 27.3 Å². The van der Waals surface area contributed by atoms with Crippen molar-refractivity contribution in [3.05, 3.63) is 59.2 Å². The highest BCUT2D eigenvalue weighted by Gasteiger charge is 2.33. The number of fused-ring (bicyclic) bond motifs is 1. The van der Waals surface area contributed by atoms with Crippen LogP contribution in [0.15, 0.2) is 42.5 Å². The van der Waals surface area contributed by atoms with Gasteiger partial charge in [-0.3, -0.25) is 4.79 Å². The Kier molecular flexibility index (Phi) is 8.32. The summed E-state index contributed by atoms with van der Waals surface area (Å²) >= 11 is 0. The van der Waals surface area contributed by atoms with Crippen molar-refractivity contribution in [3.8, 4) is 11.5 Å². The van der Waals surface area contributed by atoms with E-state index in [0.717, 1.165) is 56.3 Å². The normalized spacial score (nSPS) is 16.4. The van der Waals surface area contributed by atoms with Gasteiger partial charge in [-0.2, -0.15) is 0 Å². The van der Waals surface area contributed by atoms with Crippen molar-refractivity contribution in [1.29, 1.82) is 0 Å². The number of carbonyl (C=O) groups is 1. The van der Waals surface area contributed by atoms with Crippen LogP contribution in [-0.2, 0) is 12.8 Å². The molecular weight excluding hydrogens is 374 g/mol. The molecule has 4 nitrogen and oxygen atoms in total. The van der Waals surface area contributed by atoms with Gasteiger partial charge in [0.2, 0.25) is 0 Å². The summed E-state index contributed by atoms with van der Waals surface area (Å²) in [7, 11) is 3.25. The average molecular weight is 410 g/mol. The zero-order valence-electron chi connectivity index (χ0n) is 18.6. The number of hydrogen-bond acceptors (Lipinski definition) is 4. The van der Waals surface area contributed by atoms with E-state index < -0.39 is 0 Å². The largest absolute Gasteiger partial charge is 0.493 e. The molecule has 2 aromatic carbocycles. The van der Waals surface area contributed by atoms with E-state index in [9.17, 15) is 4.79 Å². The lowest BCUT2D eigenvalue weighted by Gasteiger charge is -2.19. The van der Waals surface area contributed by atoms with Crippen LogP contribution in [-0.4, -0.2) is 33.1 Å². The predicted molar refractivity (Wildman–Crippen MR) is 122 cm³/mol. The van der Waals surface area contributed by atoms with E-state index in [1.54, 1.807) is 14.2 Å². The van der Waals surface area contributed by atoms with Gasteiger partial charge in [-0.15, -0.1) is 0 Å². The molecule has 3 rings (SSSR count). The fourth-order valence-electron chi connectivity index (χ4n) is 4.59. The fourth-order valence-corrected chi connectivity index (χ4v) is 4.59. The van der Waals surface area contributed by atoms with Gasteiger partial charge < -0.3 is 14.8 Å². The number of ketones is 1. The molecule has 1 aliphatic rings. The van der Waals surface area contributed by atoms with Crippen molar-refractivity contribution in [2.24, 2.45) is 11.8 Å². The lowest BCUT2D eigenvalue weighted by atomic mass is 9.86. The number of ether oxygens (including phenoxy) is 2. The summed E-state index contributed by atoms with van der Waals surface area (Å²) in [6.45, 7) is 4.24. The number of nitrogens with one attached hydrogen (secondary N) is 1. The van der Waals surface area contributed by atoms with Crippen LogP contribution in [0.5, 0.6) is 11.5 Å². The second-order valence-electron chi connectivity index (χ2n) is 8.29. The topological polar surface area (TPSA) is 47.6 Å². The molecule has 0 amide bonds. The van der Waals surface area contributed by atoms with Crippen LogP contribution in [0.2, 0.25) is 0 Å². The van der Waals surface area contributed by atoms with Crippen LogP contribution < -0.4 is 14.8 Å². The Morgan fingerprint density at radius 3 is 2.47 bits per heavy atom. The summed E-state index contributed by atoms with van der Waals surface area (Å²) in [5.41, 5.74) is 3.28. The summed E-state index contributed by atoms with van der Waals surface area (Å²) in [5.74, 6) is 2.27. The summed E-state index contributed by atoms with van der Waals surface area (Å²) in [5, 5.41) is 3.59. The number of rotatable bonds is 12. The molecule has 0 aromatic heterocycles. The third-order valence-corrected chi connectivity index (χ3v) is 6.19. The maximum absolute atomic E-state index is 13.0. The van der Waals surface area contributed by atoms with E-state index in [1.165, 1.54) is 12.0 Å². The van der Waals surface area contributed by atoms with Crippen molar-refractivity contribution < 1.29 is 14.3 Å². The first-order valence-electron chi connectivity index (χ1n) is 11.2. The molecule has 0 aliphatic heterocycles. The van der Waals surface area contributed by atoms with E-state index in [2.05, 4.69) is 42.6 Å². The van der Waals surface area contributed by atoms with Gasteiger partial charge in [0.1, 0.15) is 0 Å². The molecule has 1 aliphatic carbocycles. The van der Waals surface area contributed by atoms with Crippen molar-refractivity contribution in [1.82, 2.24) is 5.32 Å². The first-order chi connectivity index (χ1) is 14.7. The highest BCUT2D eigenvalue weighted by atomic mass is 16.5. The molecule has 0 fully saturated rings. The lowest BCUT2D eigenvalue weighted by Crippen LogP contribution is -2.23. The Morgan fingerprint density at radius 2 is 1.77 bits per heavy atom. The van der Waals surface area contributed by atoms with E-state index in [4.69, 9.17) is 9.47 Å². The average Bonchev–Trinajstić information content (AvgIpc) is 3.07. The van der Waals surface area contributed by atoms with E-state index in [-0.39, 0.29) is 11.7 Å². The van der Waals surface area contributed by atoms with Gasteiger partial charge in [0, 0.05) is 11.5 Å². The maximum atomic E-state index is 13.0. The lowest BCUT2D eigenvalue weighted by molar-refractivity contribution is 0.0915. The smallest absolute Gasteiger partial charge is 0.166 e. The Morgan fingerprint density at radius 1 is 1.03 bits per heavy atom. The number of carbonyl (C=O) groups excluding carboxylic acids is 1. The van der Waals surface area contributed by atoms with E-state index in [0.29, 0.717) is 17.4 Å². The zero-order chi connectivity index (χ0) is 21.3. The van der Waals surface area contributed by atoms with Crippen molar-refractivity contribution in [3.63, 3.8) is 0 Å². The number of benzene rings is 2. The summed E-state index contributed by atoms with van der Waals surface area (Å²) in [6, 6.07) is 14.4. The molecule has 0 saturated carbocycles. The van der Waals surface area contributed by atoms with Crippen molar-refractivity contribution >= 4 is 5.78 Å². The third-order valence-electron chi connectivity index (χ3n) is 6.19. The molecule has 0 bridgehead atoms. The highest BCUT2D eigenvalue weighted by Crippen LogP contribution is 2.39. The Balaban J connectivity index is 1.51. The van der Waals surface area contributed by atoms with Crippen LogP contribution in [0.3, 0.4) is 0 Å². The molecule has 0 radical (unpaired) electrons.